The van der Waals surface area contributed by atoms with Crippen LogP contribution in [0.2, 0.25) is 0 Å². The van der Waals surface area contributed by atoms with E-state index in [0.717, 1.165) is 51.9 Å². The van der Waals surface area contributed by atoms with Gasteiger partial charge in [-0.15, -0.1) is 13.2 Å². The molecule has 2 aliphatic rings. The molecular formula is C26H32F3N3O2. The topological polar surface area (TPSA) is 44.8 Å². The highest BCUT2D eigenvalue weighted by atomic mass is 19.4. The van der Waals surface area contributed by atoms with Gasteiger partial charge < -0.3 is 15.0 Å². The fourth-order valence-electron chi connectivity index (χ4n) is 4.87. The summed E-state index contributed by atoms with van der Waals surface area (Å²) < 4.78 is 41.5. The minimum Gasteiger partial charge on any atom is -0.406 e. The van der Waals surface area contributed by atoms with Gasteiger partial charge in [-0.2, -0.15) is 0 Å². The van der Waals surface area contributed by atoms with E-state index in [1.165, 1.54) is 17.7 Å². The van der Waals surface area contributed by atoms with E-state index in [9.17, 15) is 18.0 Å². The Kier molecular flexibility index (Phi) is 8.11. The van der Waals surface area contributed by atoms with Gasteiger partial charge in [0.1, 0.15) is 5.75 Å². The zero-order valence-corrected chi connectivity index (χ0v) is 19.3. The number of ether oxygens (including phenoxy) is 1. The average molecular weight is 476 g/mol. The molecule has 0 bridgehead atoms. The van der Waals surface area contributed by atoms with Gasteiger partial charge in [-0.3, -0.25) is 9.69 Å². The van der Waals surface area contributed by atoms with Crippen LogP contribution in [0.25, 0.3) is 0 Å². The number of carbonyl (C=O) groups is 1. The Morgan fingerprint density at radius 3 is 2.35 bits per heavy atom. The first-order valence-corrected chi connectivity index (χ1v) is 12.0. The molecule has 2 aliphatic heterocycles. The molecule has 0 radical (unpaired) electrons. The molecule has 184 valence electrons. The second-order valence-electron chi connectivity index (χ2n) is 9.22. The van der Waals surface area contributed by atoms with E-state index in [0.29, 0.717) is 24.7 Å². The Morgan fingerprint density at radius 2 is 1.74 bits per heavy atom. The maximum Gasteiger partial charge on any atom is 0.573 e. The van der Waals surface area contributed by atoms with Crippen LogP contribution in [0.15, 0.2) is 54.6 Å². The van der Waals surface area contributed by atoms with Crippen LogP contribution in [-0.4, -0.2) is 49.9 Å². The molecule has 0 aliphatic carbocycles. The number of likely N-dealkylation sites (tertiary alicyclic amines) is 1. The highest BCUT2D eigenvalue weighted by Crippen LogP contribution is 2.28. The zero-order chi connectivity index (χ0) is 24.0. The Hall–Kier alpha value is -2.58. The minimum absolute atomic E-state index is 0.0380. The molecule has 0 aromatic heterocycles. The third kappa shape index (κ3) is 6.96. The van der Waals surface area contributed by atoms with Gasteiger partial charge in [-0.25, -0.2) is 0 Å². The van der Waals surface area contributed by atoms with Crippen LogP contribution in [-0.2, 0) is 11.3 Å². The van der Waals surface area contributed by atoms with Gasteiger partial charge in [0.05, 0.1) is 5.92 Å². The SMILES string of the molecule is O=C([C@H]1CCNC1)N(CCC1CCN(Cc2ccccc2)CC1)c1ccc(OC(F)(F)F)cc1. The van der Waals surface area contributed by atoms with Gasteiger partial charge in [-0.05, 0) is 81.1 Å². The second-order valence-corrected chi connectivity index (χ2v) is 9.22. The Bertz CT molecular complexity index is 907. The fraction of sp³-hybridized carbons (Fsp3) is 0.500. The predicted octanol–water partition coefficient (Wildman–Crippen LogP) is 4.83. The molecule has 4 rings (SSSR count). The van der Waals surface area contributed by atoms with Crippen molar-refractivity contribution >= 4 is 11.6 Å². The molecule has 0 saturated carbocycles. The predicted molar refractivity (Wildman–Crippen MR) is 126 cm³/mol. The minimum atomic E-state index is -4.73. The van der Waals surface area contributed by atoms with Crippen molar-refractivity contribution in [3.63, 3.8) is 0 Å². The number of hydrogen-bond donors (Lipinski definition) is 1. The summed E-state index contributed by atoms with van der Waals surface area (Å²) >= 11 is 0. The molecule has 2 heterocycles. The van der Waals surface area contributed by atoms with Crippen molar-refractivity contribution in [1.82, 2.24) is 10.2 Å². The van der Waals surface area contributed by atoms with Crippen molar-refractivity contribution < 1.29 is 22.7 Å². The quantitative estimate of drug-likeness (QED) is 0.594. The maximum atomic E-state index is 13.3. The van der Waals surface area contributed by atoms with Crippen molar-refractivity contribution in [3.05, 3.63) is 60.2 Å². The largest absolute Gasteiger partial charge is 0.573 e. The molecule has 1 atom stereocenters. The monoisotopic (exact) mass is 475 g/mol. The summed E-state index contributed by atoms with van der Waals surface area (Å²) in [6.07, 6.45) is -0.910. The van der Waals surface area contributed by atoms with Gasteiger partial charge >= 0.3 is 6.36 Å². The van der Waals surface area contributed by atoms with Crippen molar-refractivity contribution in [2.24, 2.45) is 11.8 Å². The Labute approximate surface area is 198 Å². The van der Waals surface area contributed by atoms with Crippen LogP contribution in [0.4, 0.5) is 18.9 Å². The summed E-state index contributed by atoms with van der Waals surface area (Å²) in [6, 6.07) is 16.1. The molecule has 8 heteroatoms. The van der Waals surface area contributed by atoms with E-state index in [1.54, 1.807) is 17.0 Å². The van der Waals surface area contributed by atoms with E-state index in [-0.39, 0.29) is 17.6 Å². The maximum absolute atomic E-state index is 13.3. The number of anilines is 1. The average Bonchev–Trinajstić information content (AvgIpc) is 3.36. The third-order valence-electron chi connectivity index (χ3n) is 6.77. The van der Waals surface area contributed by atoms with Crippen molar-refractivity contribution in [3.8, 4) is 5.75 Å². The number of hydrogen-bond acceptors (Lipinski definition) is 4. The first-order chi connectivity index (χ1) is 16.4. The molecule has 0 unspecified atom stereocenters. The first-order valence-electron chi connectivity index (χ1n) is 12.0. The molecule has 1 amide bonds. The second kappa shape index (κ2) is 11.2. The van der Waals surface area contributed by atoms with E-state index < -0.39 is 6.36 Å². The van der Waals surface area contributed by atoms with E-state index in [4.69, 9.17) is 0 Å². The molecule has 34 heavy (non-hydrogen) atoms. The number of halogens is 3. The van der Waals surface area contributed by atoms with Gasteiger partial charge in [0.25, 0.3) is 0 Å². The van der Waals surface area contributed by atoms with Crippen molar-refractivity contribution in [2.75, 3.05) is 37.6 Å². The summed E-state index contributed by atoms with van der Waals surface area (Å²) in [6.45, 7) is 5.04. The molecule has 2 saturated heterocycles. The molecule has 5 nitrogen and oxygen atoms in total. The Balaban J connectivity index is 1.35. The fourth-order valence-corrected chi connectivity index (χ4v) is 4.87. The van der Waals surface area contributed by atoms with Crippen LogP contribution < -0.4 is 15.0 Å². The normalized spacial score (nSPS) is 19.8. The number of rotatable bonds is 8. The molecule has 1 N–H and O–H groups in total. The first kappa shape index (κ1) is 24.5. The lowest BCUT2D eigenvalue weighted by molar-refractivity contribution is -0.274. The van der Waals surface area contributed by atoms with Gasteiger partial charge in [0, 0.05) is 25.3 Å². The van der Waals surface area contributed by atoms with E-state index in [2.05, 4.69) is 39.2 Å². The van der Waals surface area contributed by atoms with Crippen LogP contribution in [0.5, 0.6) is 5.75 Å². The lowest BCUT2D eigenvalue weighted by atomic mass is 9.92. The van der Waals surface area contributed by atoms with Gasteiger partial charge in [0.15, 0.2) is 0 Å². The van der Waals surface area contributed by atoms with E-state index in [1.807, 2.05) is 6.07 Å². The molecular weight excluding hydrogens is 443 g/mol. The number of piperidine rings is 1. The van der Waals surface area contributed by atoms with Crippen molar-refractivity contribution in [1.29, 1.82) is 0 Å². The number of amides is 1. The lowest BCUT2D eigenvalue weighted by Crippen LogP contribution is -2.40. The number of nitrogens with zero attached hydrogens (tertiary/aromatic N) is 2. The third-order valence-corrected chi connectivity index (χ3v) is 6.77. The molecule has 2 fully saturated rings. The zero-order valence-electron chi connectivity index (χ0n) is 19.3. The lowest BCUT2D eigenvalue weighted by Gasteiger charge is -2.33. The van der Waals surface area contributed by atoms with Gasteiger partial charge in [-0.1, -0.05) is 30.3 Å². The smallest absolute Gasteiger partial charge is 0.406 e. The molecule has 2 aromatic carbocycles. The summed E-state index contributed by atoms with van der Waals surface area (Å²) in [5, 5.41) is 3.23. The highest BCUT2D eigenvalue weighted by molar-refractivity contribution is 5.95. The summed E-state index contributed by atoms with van der Waals surface area (Å²) in [4.78, 5) is 17.5. The van der Waals surface area contributed by atoms with Crippen LogP contribution in [0.3, 0.4) is 0 Å². The highest BCUT2D eigenvalue weighted by Gasteiger charge is 2.32. The van der Waals surface area contributed by atoms with E-state index >= 15 is 0 Å². The molecule has 0 spiro atoms. The molecule has 2 aromatic rings. The van der Waals surface area contributed by atoms with Crippen molar-refractivity contribution in [2.45, 2.75) is 38.6 Å². The number of benzene rings is 2. The Morgan fingerprint density at radius 1 is 1.03 bits per heavy atom. The standard InChI is InChI=1S/C26H32F3N3O2/c27-26(28,29)34-24-8-6-23(7-9-24)32(25(33)22-10-14-30-18-22)17-13-20-11-15-31(16-12-20)19-21-4-2-1-3-5-21/h1-9,20,22,30H,10-19H2/t22-/m0/s1. The summed E-state index contributed by atoms with van der Waals surface area (Å²) in [5.41, 5.74) is 1.94. The van der Waals surface area contributed by atoms with Gasteiger partial charge in [0.2, 0.25) is 5.91 Å². The summed E-state index contributed by atoms with van der Waals surface area (Å²) in [5.74, 6) is 0.184. The number of nitrogens with one attached hydrogen (secondary N) is 1. The van der Waals surface area contributed by atoms with Crippen LogP contribution >= 0.6 is 0 Å². The van der Waals surface area contributed by atoms with Crippen LogP contribution in [0.1, 0.15) is 31.2 Å². The number of carbonyl (C=O) groups excluding carboxylic acids is 1. The van der Waals surface area contributed by atoms with Crippen LogP contribution in [0, 0.1) is 11.8 Å². The summed E-state index contributed by atoms with van der Waals surface area (Å²) in [7, 11) is 0. The number of alkyl halides is 3.